The number of benzene rings is 2. The van der Waals surface area contributed by atoms with Crippen LogP contribution in [0.25, 0.3) is 0 Å². The molecule has 2 aromatic rings. The lowest BCUT2D eigenvalue weighted by Crippen LogP contribution is -2.23. The number of hydrogen-bond donors (Lipinski definition) is 1. The SMILES string of the molecule is COC(=O)c1cc(S[C@H](C)C(=O)Nc2ccc(F)cc2F)ccc1Cl. The summed E-state index contributed by atoms with van der Waals surface area (Å²) < 4.78 is 31.1. The van der Waals surface area contributed by atoms with Crippen molar-refractivity contribution in [3.05, 3.63) is 58.6 Å². The Balaban J connectivity index is 2.09. The van der Waals surface area contributed by atoms with Gasteiger partial charge in [-0.05, 0) is 37.3 Å². The first kappa shape index (κ1) is 19.2. The van der Waals surface area contributed by atoms with Gasteiger partial charge in [0.25, 0.3) is 0 Å². The van der Waals surface area contributed by atoms with E-state index in [0.29, 0.717) is 11.0 Å². The van der Waals surface area contributed by atoms with E-state index in [1.54, 1.807) is 13.0 Å². The van der Waals surface area contributed by atoms with E-state index in [1.165, 1.54) is 19.2 Å². The predicted molar refractivity (Wildman–Crippen MR) is 93.1 cm³/mol. The van der Waals surface area contributed by atoms with E-state index in [9.17, 15) is 18.4 Å². The minimum atomic E-state index is -0.856. The maximum atomic E-state index is 13.6. The molecule has 0 aliphatic rings. The Bertz CT molecular complexity index is 816. The molecule has 0 spiro atoms. The molecule has 1 N–H and O–H groups in total. The Morgan fingerprint density at radius 3 is 2.56 bits per heavy atom. The van der Waals surface area contributed by atoms with Gasteiger partial charge in [-0.15, -0.1) is 11.8 Å². The second-order valence-electron chi connectivity index (χ2n) is 5.01. The van der Waals surface area contributed by atoms with Crippen molar-refractivity contribution in [3.8, 4) is 0 Å². The van der Waals surface area contributed by atoms with E-state index in [2.05, 4.69) is 10.1 Å². The molecule has 2 rings (SSSR count). The summed E-state index contributed by atoms with van der Waals surface area (Å²) >= 11 is 7.10. The molecule has 132 valence electrons. The summed E-state index contributed by atoms with van der Waals surface area (Å²) in [5.74, 6) is -2.64. The van der Waals surface area contributed by atoms with Gasteiger partial charge in [0, 0.05) is 11.0 Å². The van der Waals surface area contributed by atoms with Crippen LogP contribution < -0.4 is 5.32 Å². The van der Waals surface area contributed by atoms with Crippen LogP contribution in [0, 0.1) is 11.6 Å². The summed E-state index contributed by atoms with van der Waals surface area (Å²) in [6, 6.07) is 7.59. The summed E-state index contributed by atoms with van der Waals surface area (Å²) in [5.41, 5.74) is 0.0801. The van der Waals surface area contributed by atoms with Gasteiger partial charge in [-0.3, -0.25) is 4.79 Å². The summed E-state index contributed by atoms with van der Waals surface area (Å²) in [6.07, 6.45) is 0. The zero-order chi connectivity index (χ0) is 18.6. The molecule has 1 atom stereocenters. The van der Waals surface area contributed by atoms with Crippen molar-refractivity contribution in [1.29, 1.82) is 0 Å². The van der Waals surface area contributed by atoms with Gasteiger partial charge in [0.2, 0.25) is 5.91 Å². The number of anilines is 1. The number of carbonyl (C=O) groups excluding carboxylic acids is 2. The van der Waals surface area contributed by atoms with Crippen LogP contribution in [0.5, 0.6) is 0 Å². The third-order valence-corrected chi connectivity index (χ3v) is 4.64. The number of methoxy groups -OCH3 is 1. The number of rotatable bonds is 5. The number of thioether (sulfide) groups is 1. The van der Waals surface area contributed by atoms with E-state index >= 15 is 0 Å². The molecule has 0 aromatic heterocycles. The summed E-state index contributed by atoms with van der Waals surface area (Å²) in [7, 11) is 1.24. The summed E-state index contributed by atoms with van der Waals surface area (Å²) in [4.78, 5) is 24.4. The molecule has 0 radical (unpaired) electrons. The molecule has 0 aliphatic heterocycles. The molecule has 0 saturated heterocycles. The van der Waals surface area contributed by atoms with Gasteiger partial charge in [-0.1, -0.05) is 11.6 Å². The van der Waals surface area contributed by atoms with E-state index in [0.717, 1.165) is 23.9 Å². The summed E-state index contributed by atoms with van der Waals surface area (Å²) in [6.45, 7) is 1.62. The number of esters is 1. The van der Waals surface area contributed by atoms with Crippen LogP contribution >= 0.6 is 23.4 Å². The predicted octanol–water partition coefficient (Wildman–Crippen LogP) is 4.52. The normalized spacial score (nSPS) is 11.7. The second-order valence-corrected chi connectivity index (χ2v) is 6.83. The average molecular weight is 386 g/mol. The molecule has 2 aromatic carbocycles. The lowest BCUT2D eigenvalue weighted by molar-refractivity contribution is -0.115. The van der Waals surface area contributed by atoms with Gasteiger partial charge in [-0.2, -0.15) is 0 Å². The number of nitrogens with one attached hydrogen (secondary N) is 1. The van der Waals surface area contributed by atoms with E-state index in [1.807, 2.05) is 0 Å². The highest BCUT2D eigenvalue weighted by molar-refractivity contribution is 8.00. The number of hydrogen-bond acceptors (Lipinski definition) is 4. The highest BCUT2D eigenvalue weighted by atomic mass is 35.5. The third-order valence-electron chi connectivity index (χ3n) is 3.21. The van der Waals surface area contributed by atoms with E-state index < -0.39 is 28.8 Å². The van der Waals surface area contributed by atoms with Crippen LogP contribution in [0.3, 0.4) is 0 Å². The Kier molecular flexibility index (Phi) is 6.39. The van der Waals surface area contributed by atoms with Crippen molar-refractivity contribution >= 4 is 40.9 Å². The monoisotopic (exact) mass is 385 g/mol. The molecule has 0 heterocycles. The fraction of sp³-hybridized carbons (Fsp3) is 0.176. The Morgan fingerprint density at radius 1 is 1.20 bits per heavy atom. The first-order valence-electron chi connectivity index (χ1n) is 7.12. The topological polar surface area (TPSA) is 55.4 Å². The molecular weight excluding hydrogens is 372 g/mol. The van der Waals surface area contributed by atoms with Gasteiger partial charge >= 0.3 is 5.97 Å². The maximum absolute atomic E-state index is 13.6. The molecule has 1 amide bonds. The smallest absolute Gasteiger partial charge is 0.339 e. The van der Waals surface area contributed by atoms with Crippen molar-refractivity contribution in [3.63, 3.8) is 0 Å². The molecule has 0 unspecified atom stereocenters. The van der Waals surface area contributed by atoms with Crippen LogP contribution in [-0.4, -0.2) is 24.2 Å². The van der Waals surface area contributed by atoms with Crippen LogP contribution in [0.15, 0.2) is 41.3 Å². The standard InChI is InChI=1S/C17H14ClF2NO3S/c1-9(16(22)21-15-6-3-10(19)7-14(15)20)25-11-4-5-13(18)12(8-11)17(23)24-2/h3-9H,1-2H3,(H,21,22)/t9-/m1/s1. The molecule has 0 fully saturated rings. The van der Waals surface area contributed by atoms with Crippen LogP contribution in [-0.2, 0) is 9.53 Å². The fourth-order valence-electron chi connectivity index (χ4n) is 1.93. The largest absolute Gasteiger partial charge is 0.465 e. The molecule has 0 saturated carbocycles. The molecular formula is C17H14ClF2NO3S. The van der Waals surface area contributed by atoms with Crippen molar-refractivity contribution in [2.75, 3.05) is 12.4 Å². The number of ether oxygens (including phenoxy) is 1. The lowest BCUT2D eigenvalue weighted by Gasteiger charge is -2.13. The highest BCUT2D eigenvalue weighted by Gasteiger charge is 2.18. The van der Waals surface area contributed by atoms with Crippen molar-refractivity contribution in [1.82, 2.24) is 0 Å². The molecule has 0 bridgehead atoms. The summed E-state index contributed by atoms with van der Waals surface area (Å²) in [5, 5.41) is 2.04. The van der Waals surface area contributed by atoms with E-state index in [4.69, 9.17) is 11.6 Å². The zero-order valence-electron chi connectivity index (χ0n) is 13.3. The number of carbonyl (C=O) groups is 2. The van der Waals surface area contributed by atoms with Crippen LogP contribution in [0.2, 0.25) is 5.02 Å². The second kappa shape index (κ2) is 8.31. The van der Waals surface area contributed by atoms with Gasteiger partial charge in [0.1, 0.15) is 11.6 Å². The highest BCUT2D eigenvalue weighted by Crippen LogP contribution is 2.29. The van der Waals surface area contributed by atoms with Crippen molar-refractivity contribution < 1.29 is 23.1 Å². The van der Waals surface area contributed by atoms with Gasteiger partial charge in [-0.25, -0.2) is 13.6 Å². The first-order chi connectivity index (χ1) is 11.8. The molecule has 4 nitrogen and oxygen atoms in total. The minimum absolute atomic E-state index is 0.106. The van der Waals surface area contributed by atoms with Crippen LogP contribution in [0.4, 0.5) is 14.5 Å². The Labute approximate surface area is 152 Å². The molecule has 8 heteroatoms. The third kappa shape index (κ3) is 4.93. The molecule has 0 aliphatic carbocycles. The Hall–Kier alpha value is -2.12. The zero-order valence-corrected chi connectivity index (χ0v) is 14.9. The molecule has 25 heavy (non-hydrogen) atoms. The van der Waals surface area contributed by atoms with Gasteiger partial charge in [0.05, 0.1) is 28.6 Å². The van der Waals surface area contributed by atoms with Crippen molar-refractivity contribution in [2.24, 2.45) is 0 Å². The van der Waals surface area contributed by atoms with E-state index in [-0.39, 0.29) is 16.3 Å². The lowest BCUT2D eigenvalue weighted by atomic mass is 10.2. The Morgan fingerprint density at radius 2 is 1.92 bits per heavy atom. The van der Waals surface area contributed by atoms with Crippen molar-refractivity contribution in [2.45, 2.75) is 17.1 Å². The van der Waals surface area contributed by atoms with Crippen LogP contribution in [0.1, 0.15) is 17.3 Å². The number of amides is 1. The van der Waals surface area contributed by atoms with Gasteiger partial charge in [0.15, 0.2) is 0 Å². The fourth-order valence-corrected chi connectivity index (χ4v) is 3.03. The minimum Gasteiger partial charge on any atom is -0.465 e. The maximum Gasteiger partial charge on any atom is 0.339 e. The quantitative estimate of drug-likeness (QED) is 0.607. The first-order valence-corrected chi connectivity index (χ1v) is 8.38. The van der Waals surface area contributed by atoms with Gasteiger partial charge < -0.3 is 10.1 Å². The average Bonchev–Trinajstić information content (AvgIpc) is 2.58. The number of halogens is 3.